The molecule has 1 heterocycles. The smallest absolute Gasteiger partial charge is 0.261 e. The van der Waals surface area contributed by atoms with Crippen LogP contribution in [0.3, 0.4) is 0 Å². The largest absolute Gasteiger partial charge is 0.504 e. The molecule has 1 aromatic rings. The molecule has 3 N–H and O–H groups in total. The summed E-state index contributed by atoms with van der Waals surface area (Å²) in [6.45, 7) is 4.21. The molecule has 0 aliphatic carbocycles. The summed E-state index contributed by atoms with van der Waals surface area (Å²) in [4.78, 5) is 14.2. The average Bonchev–Trinajstić information content (AvgIpc) is 2.56. The molecule has 1 amide bonds. The van der Waals surface area contributed by atoms with Crippen molar-refractivity contribution >= 4 is 12.0 Å². The van der Waals surface area contributed by atoms with Crippen LogP contribution in [0.5, 0.6) is 11.5 Å². The molecular weight excluding hydrogens is 298 g/mol. The van der Waals surface area contributed by atoms with Crippen LogP contribution in [0.1, 0.15) is 5.56 Å². The molecule has 1 fully saturated rings. The van der Waals surface area contributed by atoms with Gasteiger partial charge in [-0.3, -0.25) is 9.69 Å². The average molecular weight is 317 g/mol. The van der Waals surface area contributed by atoms with Gasteiger partial charge in [0, 0.05) is 26.2 Å². The summed E-state index contributed by atoms with van der Waals surface area (Å²) in [6, 6.07) is 5.94. The Morgan fingerprint density at radius 1 is 1.35 bits per heavy atom. The zero-order valence-corrected chi connectivity index (χ0v) is 12.7. The Morgan fingerprint density at radius 2 is 2.09 bits per heavy atom. The van der Waals surface area contributed by atoms with E-state index < -0.39 is 5.91 Å². The molecule has 2 rings (SSSR count). The number of morpholine rings is 1. The molecule has 0 unspecified atom stereocenters. The molecule has 0 saturated carbocycles. The highest BCUT2D eigenvalue weighted by atomic mass is 16.5. The second kappa shape index (κ2) is 8.17. The second-order valence-electron chi connectivity index (χ2n) is 5.13. The fraction of sp³-hybridized carbons (Fsp3) is 0.375. The Bertz CT molecular complexity index is 631. The molecule has 0 atom stereocenters. The van der Waals surface area contributed by atoms with Gasteiger partial charge < -0.3 is 20.3 Å². The first-order valence-electron chi connectivity index (χ1n) is 7.32. The van der Waals surface area contributed by atoms with Crippen LogP contribution in [0, 0.1) is 11.3 Å². The molecule has 0 aromatic heterocycles. The number of hydrogen-bond acceptors (Lipinski definition) is 6. The summed E-state index contributed by atoms with van der Waals surface area (Å²) in [5.41, 5.74) is 0.400. The molecule has 122 valence electrons. The number of aromatic hydroxyl groups is 2. The van der Waals surface area contributed by atoms with Crippen molar-refractivity contribution in [1.82, 2.24) is 10.2 Å². The first-order chi connectivity index (χ1) is 11.1. The van der Waals surface area contributed by atoms with Gasteiger partial charge in [-0.25, -0.2) is 0 Å². The quantitative estimate of drug-likeness (QED) is 0.414. The van der Waals surface area contributed by atoms with E-state index in [9.17, 15) is 15.0 Å². The maximum atomic E-state index is 12.0. The molecule has 0 spiro atoms. The Morgan fingerprint density at radius 3 is 2.74 bits per heavy atom. The van der Waals surface area contributed by atoms with E-state index in [1.165, 1.54) is 24.3 Å². The Balaban J connectivity index is 1.91. The molecular formula is C16H19N3O4. The topological polar surface area (TPSA) is 106 Å². The summed E-state index contributed by atoms with van der Waals surface area (Å²) in [6.07, 6.45) is 1.36. The maximum absolute atomic E-state index is 12.0. The number of hydrogen-bond donors (Lipinski definition) is 3. The summed E-state index contributed by atoms with van der Waals surface area (Å²) in [7, 11) is 0. The van der Waals surface area contributed by atoms with Gasteiger partial charge in [0.15, 0.2) is 11.5 Å². The normalized spacial score (nSPS) is 15.9. The zero-order valence-electron chi connectivity index (χ0n) is 12.7. The van der Waals surface area contributed by atoms with Crippen molar-refractivity contribution in [2.45, 2.75) is 0 Å². The van der Waals surface area contributed by atoms with Crippen molar-refractivity contribution in [3.63, 3.8) is 0 Å². The Labute approximate surface area is 134 Å². The second-order valence-corrected chi connectivity index (χ2v) is 5.13. The van der Waals surface area contributed by atoms with Crippen molar-refractivity contribution in [2.24, 2.45) is 0 Å². The van der Waals surface area contributed by atoms with E-state index in [2.05, 4.69) is 10.2 Å². The van der Waals surface area contributed by atoms with Crippen LogP contribution in [0.4, 0.5) is 0 Å². The van der Waals surface area contributed by atoms with Gasteiger partial charge in [0.1, 0.15) is 11.6 Å². The minimum atomic E-state index is -0.465. The van der Waals surface area contributed by atoms with Gasteiger partial charge in [0.05, 0.1) is 13.2 Å². The molecule has 1 aliphatic rings. The first kappa shape index (κ1) is 16.8. The highest BCUT2D eigenvalue weighted by Crippen LogP contribution is 2.25. The summed E-state index contributed by atoms with van der Waals surface area (Å²) >= 11 is 0. The van der Waals surface area contributed by atoms with Crippen molar-refractivity contribution in [2.75, 3.05) is 39.4 Å². The molecule has 7 heteroatoms. The lowest BCUT2D eigenvalue weighted by Crippen LogP contribution is -2.41. The van der Waals surface area contributed by atoms with E-state index in [0.717, 1.165) is 13.1 Å². The van der Waals surface area contributed by atoms with Gasteiger partial charge in [-0.05, 0) is 23.8 Å². The number of benzene rings is 1. The molecule has 1 aromatic carbocycles. The van der Waals surface area contributed by atoms with Gasteiger partial charge in [-0.15, -0.1) is 0 Å². The summed E-state index contributed by atoms with van der Waals surface area (Å²) in [5, 5.41) is 30.5. The lowest BCUT2D eigenvalue weighted by molar-refractivity contribution is -0.117. The van der Waals surface area contributed by atoms with E-state index in [1.54, 1.807) is 0 Å². The molecule has 1 saturated heterocycles. The van der Waals surface area contributed by atoms with Crippen LogP contribution in [-0.4, -0.2) is 60.4 Å². The zero-order chi connectivity index (χ0) is 16.7. The monoisotopic (exact) mass is 317 g/mol. The lowest BCUT2D eigenvalue weighted by Gasteiger charge is -2.26. The van der Waals surface area contributed by atoms with E-state index >= 15 is 0 Å². The molecule has 7 nitrogen and oxygen atoms in total. The minimum absolute atomic E-state index is 0.0583. The number of phenolic OH excluding ortho intramolecular Hbond substituents is 2. The Kier molecular flexibility index (Phi) is 5.97. The predicted octanol–water partition coefficient (Wildman–Crippen LogP) is 0.453. The fourth-order valence-electron chi connectivity index (χ4n) is 2.19. The number of nitriles is 1. The van der Waals surface area contributed by atoms with E-state index in [1.807, 2.05) is 6.07 Å². The number of phenols is 2. The number of amides is 1. The van der Waals surface area contributed by atoms with Crippen molar-refractivity contribution in [3.8, 4) is 17.6 Å². The molecule has 1 aliphatic heterocycles. The van der Waals surface area contributed by atoms with Crippen molar-refractivity contribution in [1.29, 1.82) is 5.26 Å². The fourth-order valence-corrected chi connectivity index (χ4v) is 2.19. The van der Waals surface area contributed by atoms with Crippen LogP contribution in [0.2, 0.25) is 0 Å². The van der Waals surface area contributed by atoms with Gasteiger partial charge in [-0.1, -0.05) is 6.07 Å². The SMILES string of the molecule is N#C/C(=C\c1ccc(O)c(O)c1)C(=O)NCCN1CCOCC1. The number of ether oxygens (including phenoxy) is 1. The van der Waals surface area contributed by atoms with Crippen LogP contribution >= 0.6 is 0 Å². The van der Waals surface area contributed by atoms with Gasteiger partial charge in [-0.2, -0.15) is 5.26 Å². The maximum Gasteiger partial charge on any atom is 0.261 e. The molecule has 0 bridgehead atoms. The Hall–Kier alpha value is -2.56. The molecule has 23 heavy (non-hydrogen) atoms. The minimum Gasteiger partial charge on any atom is -0.504 e. The summed E-state index contributed by atoms with van der Waals surface area (Å²) in [5.74, 6) is -1.02. The number of carbonyl (C=O) groups is 1. The summed E-state index contributed by atoms with van der Waals surface area (Å²) < 4.78 is 5.25. The number of carbonyl (C=O) groups excluding carboxylic acids is 1. The van der Waals surface area contributed by atoms with E-state index in [-0.39, 0.29) is 17.1 Å². The third kappa shape index (κ3) is 4.98. The third-order valence-corrected chi connectivity index (χ3v) is 3.49. The number of nitrogens with one attached hydrogen (secondary N) is 1. The van der Waals surface area contributed by atoms with Crippen LogP contribution < -0.4 is 5.32 Å². The van der Waals surface area contributed by atoms with E-state index in [4.69, 9.17) is 10.00 Å². The van der Waals surface area contributed by atoms with Gasteiger partial charge in [0.25, 0.3) is 5.91 Å². The number of nitrogens with zero attached hydrogens (tertiary/aromatic N) is 2. The predicted molar refractivity (Wildman–Crippen MR) is 83.6 cm³/mol. The van der Waals surface area contributed by atoms with Crippen LogP contribution in [0.15, 0.2) is 23.8 Å². The van der Waals surface area contributed by atoms with Crippen LogP contribution in [0.25, 0.3) is 6.08 Å². The van der Waals surface area contributed by atoms with Gasteiger partial charge in [0.2, 0.25) is 0 Å². The van der Waals surface area contributed by atoms with Crippen molar-refractivity contribution in [3.05, 3.63) is 29.3 Å². The third-order valence-electron chi connectivity index (χ3n) is 3.49. The first-order valence-corrected chi connectivity index (χ1v) is 7.32. The number of rotatable bonds is 5. The lowest BCUT2D eigenvalue weighted by atomic mass is 10.1. The molecule has 0 radical (unpaired) electrons. The standard InChI is InChI=1S/C16H19N3O4/c17-11-13(9-12-1-2-14(20)15(21)10-12)16(22)18-3-4-19-5-7-23-8-6-19/h1-2,9-10,20-21H,3-8H2,(H,18,22)/b13-9+. The van der Waals surface area contributed by atoms with Gasteiger partial charge >= 0.3 is 0 Å². The van der Waals surface area contributed by atoms with E-state index in [0.29, 0.717) is 31.9 Å². The highest BCUT2D eigenvalue weighted by molar-refractivity contribution is 6.01. The van der Waals surface area contributed by atoms with Crippen LogP contribution in [-0.2, 0) is 9.53 Å². The van der Waals surface area contributed by atoms with Crippen molar-refractivity contribution < 1.29 is 19.7 Å². The highest BCUT2D eigenvalue weighted by Gasteiger charge is 2.12.